The summed E-state index contributed by atoms with van der Waals surface area (Å²) in [6.07, 6.45) is 0.948. The maximum absolute atomic E-state index is 6.05. The van der Waals surface area contributed by atoms with Crippen LogP contribution in [0.5, 0.6) is 5.75 Å². The monoisotopic (exact) mass is 260 g/mol. The average molecular weight is 260 g/mol. The van der Waals surface area contributed by atoms with Crippen LogP contribution in [0.2, 0.25) is 0 Å². The highest BCUT2D eigenvalue weighted by Crippen LogP contribution is 2.35. The summed E-state index contributed by atoms with van der Waals surface area (Å²) in [4.78, 5) is 7.12. The molecule has 0 spiro atoms. The van der Waals surface area contributed by atoms with Crippen molar-refractivity contribution in [3.8, 4) is 5.75 Å². The molecule has 0 amide bonds. The van der Waals surface area contributed by atoms with Gasteiger partial charge in [0.25, 0.3) is 0 Å². The number of piperazine rings is 1. The number of hydrogen-bond donors (Lipinski definition) is 2. The van der Waals surface area contributed by atoms with Gasteiger partial charge in [-0.15, -0.1) is 0 Å². The van der Waals surface area contributed by atoms with Crippen LogP contribution in [0.15, 0.2) is 23.2 Å². The summed E-state index contributed by atoms with van der Waals surface area (Å²) >= 11 is 0. The number of nitrogens with zero attached hydrogens (tertiary/aromatic N) is 2. The van der Waals surface area contributed by atoms with E-state index in [1.54, 1.807) is 0 Å². The van der Waals surface area contributed by atoms with Gasteiger partial charge in [0.15, 0.2) is 6.10 Å². The van der Waals surface area contributed by atoms with Gasteiger partial charge in [-0.1, -0.05) is 6.92 Å². The molecule has 1 aromatic rings. The van der Waals surface area contributed by atoms with Crippen molar-refractivity contribution in [2.45, 2.75) is 19.4 Å². The standard InChI is InChI=1S/C14H20N4O/c1-2-12-14(18-7-5-16-6-8-18)17-11-4-3-10(15)9-13(11)19-12/h3-4,9,12,16H,2,5-8,15H2,1H3. The smallest absolute Gasteiger partial charge is 0.156 e. The van der Waals surface area contributed by atoms with E-state index in [9.17, 15) is 0 Å². The van der Waals surface area contributed by atoms with E-state index < -0.39 is 0 Å². The zero-order valence-electron chi connectivity index (χ0n) is 11.2. The molecule has 5 heteroatoms. The Balaban J connectivity index is 1.94. The molecule has 0 bridgehead atoms. The van der Waals surface area contributed by atoms with E-state index in [0.717, 1.165) is 55.6 Å². The fourth-order valence-electron chi connectivity index (χ4n) is 2.55. The Hall–Kier alpha value is -1.75. The summed E-state index contributed by atoms with van der Waals surface area (Å²) in [6.45, 7) is 6.11. The maximum Gasteiger partial charge on any atom is 0.156 e. The van der Waals surface area contributed by atoms with Gasteiger partial charge >= 0.3 is 0 Å². The summed E-state index contributed by atoms with van der Waals surface area (Å²) in [7, 11) is 0. The quantitative estimate of drug-likeness (QED) is 0.749. The SMILES string of the molecule is CCC1Oc2cc(N)ccc2N=C1N1CCNCC1. The summed E-state index contributed by atoms with van der Waals surface area (Å²) in [5, 5.41) is 3.36. The molecule has 0 saturated carbocycles. The van der Waals surface area contributed by atoms with Crippen molar-refractivity contribution in [1.29, 1.82) is 0 Å². The fraction of sp³-hybridized carbons (Fsp3) is 0.500. The Morgan fingerprint density at radius 2 is 2.21 bits per heavy atom. The number of aliphatic imine (C=N–C) groups is 1. The molecule has 1 unspecified atom stereocenters. The van der Waals surface area contributed by atoms with Crippen LogP contribution in [-0.2, 0) is 0 Å². The molecule has 0 radical (unpaired) electrons. The predicted molar refractivity (Wildman–Crippen MR) is 77.1 cm³/mol. The van der Waals surface area contributed by atoms with Gasteiger partial charge in [-0.25, -0.2) is 4.99 Å². The van der Waals surface area contributed by atoms with Crippen molar-refractivity contribution in [3.05, 3.63) is 18.2 Å². The second kappa shape index (κ2) is 5.09. The third kappa shape index (κ3) is 2.38. The number of hydrogen-bond acceptors (Lipinski definition) is 5. The molecular weight excluding hydrogens is 240 g/mol. The van der Waals surface area contributed by atoms with Gasteiger partial charge < -0.3 is 20.7 Å². The zero-order valence-corrected chi connectivity index (χ0v) is 11.2. The molecule has 1 saturated heterocycles. The van der Waals surface area contributed by atoms with Crippen LogP contribution in [0.3, 0.4) is 0 Å². The topological polar surface area (TPSA) is 62.9 Å². The van der Waals surface area contributed by atoms with E-state index in [2.05, 4.69) is 17.1 Å². The van der Waals surface area contributed by atoms with E-state index >= 15 is 0 Å². The van der Waals surface area contributed by atoms with Crippen molar-refractivity contribution in [3.63, 3.8) is 0 Å². The van der Waals surface area contributed by atoms with Crippen LogP contribution in [-0.4, -0.2) is 43.0 Å². The highest BCUT2D eigenvalue weighted by atomic mass is 16.5. The summed E-state index contributed by atoms with van der Waals surface area (Å²) < 4.78 is 6.05. The lowest BCUT2D eigenvalue weighted by molar-refractivity contribution is 0.226. The molecule has 3 N–H and O–H groups in total. The summed E-state index contributed by atoms with van der Waals surface area (Å²) in [5.74, 6) is 1.85. The van der Waals surface area contributed by atoms with Gasteiger partial charge in [-0.3, -0.25) is 0 Å². The van der Waals surface area contributed by atoms with Crippen molar-refractivity contribution < 1.29 is 4.74 Å². The lowest BCUT2D eigenvalue weighted by Gasteiger charge is -2.36. The second-order valence-corrected chi connectivity index (χ2v) is 4.95. The Morgan fingerprint density at radius 3 is 2.95 bits per heavy atom. The number of nitrogens with two attached hydrogens (primary N) is 1. The molecule has 2 heterocycles. The van der Waals surface area contributed by atoms with E-state index in [1.165, 1.54) is 0 Å². The van der Waals surface area contributed by atoms with E-state index in [1.807, 2.05) is 18.2 Å². The minimum absolute atomic E-state index is 0.0346. The molecule has 5 nitrogen and oxygen atoms in total. The molecule has 19 heavy (non-hydrogen) atoms. The normalized spacial score (nSPS) is 22.5. The van der Waals surface area contributed by atoms with Gasteiger partial charge in [0.2, 0.25) is 0 Å². The summed E-state index contributed by atoms with van der Waals surface area (Å²) in [6, 6.07) is 5.65. The maximum atomic E-state index is 6.05. The highest BCUT2D eigenvalue weighted by molar-refractivity contribution is 5.92. The number of benzene rings is 1. The number of anilines is 1. The Bertz CT molecular complexity index is 494. The Kier molecular flexibility index (Phi) is 3.29. The van der Waals surface area contributed by atoms with Crippen LogP contribution in [0, 0.1) is 0 Å². The fourth-order valence-corrected chi connectivity index (χ4v) is 2.55. The van der Waals surface area contributed by atoms with Crippen molar-refractivity contribution in [1.82, 2.24) is 10.2 Å². The van der Waals surface area contributed by atoms with E-state index in [-0.39, 0.29) is 6.10 Å². The molecule has 102 valence electrons. The lowest BCUT2D eigenvalue weighted by atomic mass is 10.1. The second-order valence-electron chi connectivity index (χ2n) is 4.95. The number of rotatable bonds is 1. The average Bonchev–Trinajstić information content (AvgIpc) is 2.46. The Morgan fingerprint density at radius 1 is 1.42 bits per heavy atom. The largest absolute Gasteiger partial charge is 0.480 e. The summed E-state index contributed by atoms with van der Waals surface area (Å²) in [5.41, 5.74) is 7.40. The molecule has 1 atom stereocenters. The number of nitrogen functional groups attached to an aromatic ring is 1. The molecular formula is C14H20N4O. The first-order valence-electron chi connectivity index (χ1n) is 6.88. The molecule has 2 aliphatic heterocycles. The molecule has 0 aliphatic carbocycles. The number of nitrogens with one attached hydrogen (secondary N) is 1. The number of amidine groups is 1. The molecule has 2 aliphatic rings. The third-order valence-electron chi connectivity index (χ3n) is 3.59. The highest BCUT2D eigenvalue weighted by Gasteiger charge is 2.28. The van der Waals surface area contributed by atoms with Crippen molar-refractivity contribution in [2.24, 2.45) is 4.99 Å². The van der Waals surface area contributed by atoms with Gasteiger partial charge in [-0.05, 0) is 18.6 Å². The Labute approximate surface area is 113 Å². The van der Waals surface area contributed by atoms with Crippen LogP contribution in [0.1, 0.15) is 13.3 Å². The zero-order chi connectivity index (χ0) is 13.2. The van der Waals surface area contributed by atoms with Gasteiger partial charge in [-0.2, -0.15) is 0 Å². The first-order valence-corrected chi connectivity index (χ1v) is 6.88. The lowest BCUT2D eigenvalue weighted by Crippen LogP contribution is -2.51. The van der Waals surface area contributed by atoms with E-state index in [0.29, 0.717) is 0 Å². The third-order valence-corrected chi connectivity index (χ3v) is 3.59. The van der Waals surface area contributed by atoms with Crippen LogP contribution in [0.4, 0.5) is 11.4 Å². The van der Waals surface area contributed by atoms with Crippen LogP contribution < -0.4 is 15.8 Å². The minimum Gasteiger partial charge on any atom is -0.480 e. The van der Waals surface area contributed by atoms with Gasteiger partial charge in [0.05, 0.1) is 0 Å². The van der Waals surface area contributed by atoms with Crippen LogP contribution in [0.25, 0.3) is 0 Å². The van der Waals surface area contributed by atoms with Gasteiger partial charge in [0, 0.05) is 37.9 Å². The van der Waals surface area contributed by atoms with Gasteiger partial charge in [0.1, 0.15) is 17.3 Å². The number of ether oxygens (including phenoxy) is 1. The first-order chi connectivity index (χ1) is 9.28. The van der Waals surface area contributed by atoms with E-state index in [4.69, 9.17) is 15.5 Å². The molecule has 3 rings (SSSR count). The molecule has 1 fully saturated rings. The predicted octanol–water partition coefficient (Wildman–Crippen LogP) is 1.38. The first kappa shape index (κ1) is 12.3. The molecule has 0 aromatic heterocycles. The van der Waals surface area contributed by atoms with Crippen LogP contribution >= 0.6 is 0 Å². The minimum atomic E-state index is 0.0346. The molecule has 1 aromatic carbocycles. The van der Waals surface area contributed by atoms with Crippen molar-refractivity contribution >= 4 is 17.2 Å². The van der Waals surface area contributed by atoms with Crippen molar-refractivity contribution in [2.75, 3.05) is 31.9 Å². The number of fused-ring (bicyclic) bond motifs is 1.